The van der Waals surface area contributed by atoms with Crippen LogP contribution in [0.5, 0.6) is 0 Å². The normalized spacial score (nSPS) is 15.2. The van der Waals surface area contributed by atoms with Crippen LogP contribution < -0.4 is 0 Å². The van der Waals surface area contributed by atoms with Crippen LogP contribution in [0.2, 0.25) is 0 Å². The molecule has 0 saturated heterocycles. The predicted molar refractivity (Wildman–Crippen MR) is 55.6 cm³/mol. The summed E-state index contributed by atoms with van der Waals surface area (Å²) in [6.07, 6.45) is 2.54. The van der Waals surface area contributed by atoms with E-state index in [4.69, 9.17) is 0 Å². The Hall–Kier alpha value is -2.17. The Morgan fingerprint density at radius 3 is 2.75 bits per heavy atom. The number of carbonyl (C=O) groups excluding carboxylic acids is 2. The first-order valence-electron chi connectivity index (χ1n) is 4.61. The van der Waals surface area contributed by atoms with Crippen LogP contribution in [0.15, 0.2) is 23.2 Å². The number of halogens is 1. The van der Waals surface area contributed by atoms with Crippen LogP contribution in [0.4, 0.5) is 10.1 Å². The highest BCUT2D eigenvalue weighted by Crippen LogP contribution is 2.17. The third-order valence-corrected chi connectivity index (χ3v) is 2.24. The van der Waals surface area contributed by atoms with E-state index in [1.54, 1.807) is 19.1 Å². The molecule has 2 rings (SSSR count). The molecular formula is C11H8FN2O2+. The van der Waals surface area contributed by atoms with Gasteiger partial charge in [-0.3, -0.25) is 4.79 Å². The highest BCUT2D eigenvalue weighted by atomic mass is 19.1. The Balaban J connectivity index is 2.49. The van der Waals surface area contributed by atoms with Crippen molar-refractivity contribution < 1.29 is 18.6 Å². The Morgan fingerprint density at radius 2 is 2.06 bits per heavy atom. The second kappa shape index (κ2) is 3.77. The summed E-state index contributed by atoms with van der Waals surface area (Å²) in [6.45, 7) is 1.62. The van der Waals surface area contributed by atoms with Crippen LogP contribution in [0, 0.1) is 12.7 Å². The van der Waals surface area contributed by atoms with Gasteiger partial charge in [-0.25, -0.2) is 14.2 Å². The highest BCUT2D eigenvalue weighted by molar-refractivity contribution is 6.39. The number of benzene rings is 1. The molecule has 1 aromatic rings. The molecule has 0 radical (unpaired) electrons. The van der Waals surface area contributed by atoms with Gasteiger partial charge in [0.2, 0.25) is 5.69 Å². The summed E-state index contributed by atoms with van der Waals surface area (Å²) >= 11 is 0. The van der Waals surface area contributed by atoms with Crippen LogP contribution in [0.3, 0.4) is 0 Å². The maximum atomic E-state index is 13.3. The SMILES string of the molecule is Cc1ccc([N+]2=CC=NC(=O)C2=O)cc1F. The fraction of sp³-hybridized carbons (Fsp3) is 0.0909. The molecule has 0 aromatic heterocycles. The Kier molecular flexibility index (Phi) is 2.44. The maximum Gasteiger partial charge on any atom is 0.485 e. The quantitative estimate of drug-likeness (QED) is 0.522. The molecule has 1 aliphatic rings. The monoisotopic (exact) mass is 219 g/mol. The van der Waals surface area contributed by atoms with Crippen LogP contribution in [0.1, 0.15) is 5.56 Å². The smallest absolute Gasteiger partial charge is 0.255 e. The van der Waals surface area contributed by atoms with Gasteiger partial charge in [0.1, 0.15) is 5.82 Å². The van der Waals surface area contributed by atoms with E-state index in [1.165, 1.54) is 18.5 Å². The third-order valence-electron chi connectivity index (χ3n) is 2.24. The molecule has 1 aliphatic heterocycles. The van der Waals surface area contributed by atoms with Crippen molar-refractivity contribution in [3.8, 4) is 0 Å². The summed E-state index contributed by atoms with van der Waals surface area (Å²) in [4.78, 5) is 25.8. The number of hydrogen-bond donors (Lipinski definition) is 0. The van der Waals surface area contributed by atoms with Crippen molar-refractivity contribution in [1.29, 1.82) is 0 Å². The van der Waals surface area contributed by atoms with E-state index in [1.807, 2.05) is 0 Å². The number of hydrogen-bond acceptors (Lipinski definition) is 2. The molecule has 1 aromatic carbocycles. The van der Waals surface area contributed by atoms with E-state index in [2.05, 4.69) is 4.99 Å². The summed E-state index contributed by atoms with van der Waals surface area (Å²) in [5, 5.41) is 0. The molecule has 0 atom stereocenters. The van der Waals surface area contributed by atoms with Gasteiger partial charge in [0.05, 0.1) is 6.21 Å². The summed E-state index contributed by atoms with van der Waals surface area (Å²) in [6, 6.07) is 4.32. The molecule has 0 fully saturated rings. The van der Waals surface area contributed by atoms with E-state index in [9.17, 15) is 14.0 Å². The van der Waals surface area contributed by atoms with Crippen molar-refractivity contribution in [3.63, 3.8) is 0 Å². The topological polar surface area (TPSA) is 49.5 Å². The second-order valence-corrected chi connectivity index (χ2v) is 3.34. The highest BCUT2D eigenvalue weighted by Gasteiger charge is 2.30. The van der Waals surface area contributed by atoms with Gasteiger partial charge in [0.25, 0.3) is 0 Å². The molecule has 0 bridgehead atoms. The maximum absolute atomic E-state index is 13.3. The number of aryl methyl sites for hydroxylation is 1. The van der Waals surface area contributed by atoms with Crippen LogP contribution in [-0.4, -0.2) is 28.8 Å². The zero-order chi connectivity index (χ0) is 11.7. The number of nitrogens with zero attached hydrogens (tertiary/aromatic N) is 2. The van der Waals surface area contributed by atoms with Crippen LogP contribution >= 0.6 is 0 Å². The molecule has 0 saturated carbocycles. The van der Waals surface area contributed by atoms with Gasteiger partial charge in [-0.1, -0.05) is 0 Å². The van der Waals surface area contributed by atoms with Crippen molar-refractivity contribution in [3.05, 3.63) is 29.6 Å². The molecular weight excluding hydrogens is 211 g/mol. The summed E-state index contributed by atoms with van der Waals surface area (Å²) < 4.78 is 14.4. The second-order valence-electron chi connectivity index (χ2n) is 3.34. The standard InChI is InChI=1S/C11H8FN2O2/c1-7-2-3-8(6-9(7)12)14-5-4-13-10(15)11(14)16/h2-6H,1H3/q+1. The lowest BCUT2D eigenvalue weighted by atomic mass is 10.2. The summed E-state index contributed by atoms with van der Waals surface area (Å²) in [5.74, 6) is -2.07. The summed E-state index contributed by atoms with van der Waals surface area (Å²) in [5.41, 5.74) is 0.792. The van der Waals surface area contributed by atoms with Gasteiger partial charge in [0, 0.05) is 12.1 Å². The molecule has 0 unspecified atom stereocenters. The minimum atomic E-state index is -0.858. The molecule has 5 heteroatoms. The fourth-order valence-electron chi connectivity index (χ4n) is 1.33. The van der Waals surface area contributed by atoms with Gasteiger partial charge in [-0.05, 0) is 18.6 Å². The van der Waals surface area contributed by atoms with Crippen molar-refractivity contribution in [1.82, 2.24) is 0 Å². The van der Waals surface area contributed by atoms with Crippen LogP contribution in [-0.2, 0) is 9.59 Å². The molecule has 0 aliphatic carbocycles. The first kappa shape index (κ1) is 10.4. The molecule has 16 heavy (non-hydrogen) atoms. The lowest BCUT2D eigenvalue weighted by Crippen LogP contribution is -2.28. The van der Waals surface area contributed by atoms with Gasteiger partial charge in [0.15, 0.2) is 6.21 Å². The third kappa shape index (κ3) is 1.67. The van der Waals surface area contributed by atoms with Crippen molar-refractivity contribution >= 4 is 29.9 Å². The zero-order valence-corrected chi connectivity index (χ0v) is 8.48. The lowest BCUT2D eigenvalue weighted by Gasteiger charge is -2.01. The van der Waals surface area contributed by atoms with Gasteiger partial charge < -0.3 is 0 Å². The average molecular weight is 219 g/mol. The van der Waals surface area contributed by atoms with Gasteiger partial charge in [-0.2, -0.15) is 0 Å². The fourth-order valence-corrected chi connectivity index (χ4v) is 1.33. The largest absolute Gasteiger partial charge is 0.485 e. The zero-order valence-electron chi connectivity index (χ0n) is 8.48. The minimum absolute atomic E-state index is 0.313. The Labute approximate surface area is 90.7 Å². The molecule has 80 valence electrons. The van der Waals surface area contributed by atoms with E-state index in [-0.39, 0.29) is 0 Å². The minimum Gasteiger partial charge on any atom is -0.255 e. The number of rotatable bonds is 1. The predicted octanol–water partition coefficient (Wildman–Crippen LogP) is 0.987. The Bertz CT molecular complexity index is 547. The van der Waals surface area contributed by atoms with Gasteiger partial charge >= 0.3 is 11.8 Å². The van der Waals surface area contributed by atoms with E-state index < -0.39 is 17.6 Å². The molecule has 2 amide bonds. The first-order chi connectivity index (χ1) is 7.59. The summed E-state index contributed by atoms with van der Waals surface area (Å²) in [7, 11) is 0. The first-order valence-corrected chi connectivity index (χ1v) is 4.61. The lowest BCUT2D eigenvalue weighted by molar-refractivity contribution is -0.356. The molecule has 0 spiro atoms. The number of carbonyl (C=O) groups is 2. The number of aliphatic imine (C=N–C) groups is 1. The molecule has 0 N–H and O–H groups in total. The number of amides is 2. The average Bonchev–Trinajstić information content (AvgIpc) is 2.26. The van der Waals surface area contributed by atoms with Gasteiger partial charge in [-0.15, -0.1) is 4.58 Å². The molecule has 1 heterocycles. The van der Waals surface area contributed by atoms with E-state index >= 15 is 0 Å². The van der Waals surface area contributed by atoms with Crippen molar-refractivity contribution in [2.75, 3.05) is 0 Å². The van der Waals surface area contributed by atoms with E-state index in [0.29, 0.717) is 11.3 Å². The van der Waals surface area contributed by atoms with E-state index in [0.717, 1.165) is 4.58 Å². The van der Waals surface area contributed by atoms with Crippen LogP contribution in [0.25, 0.3) is 0 Å². The van der Waals surface area contributed by atoms with Crippen molar-refractivity contribution in [2.45, 2.75) is 6.92 Å². The van der Waals surface area contributed by atoms with Crippen molar-refractivity contribution in [2.24, 2.45) is 4.99 Å². The molecule has 4 nitrogen and oxygen atoms in total. The Morgan fingerprint density at radius 1 is 1.31 bits per heavy atom.